The van der Waals surface area contributed by atoms with Gasteiger partial charge in [-0.2, -0.15) is 0 Å². The molecule has 1 atom stereocenters. The van der Waals surface area contributed by atoms with Gasteiger partial charge in [0.25, 0.3) is 0 Å². The van der Waals surface area contributed by atoms with E-state index in [-0.39, 0.29) is 0 Å². The number of hydrogen-bond acceptors (Lipinski definition) is 2. The number of fused-ring (bicyclic) bond motifs is 1. The molecule has 158 valence electrons. The van der Waals surface area contributed by atoms with E-state index in [0.29, 0.717) is 21.6 Å². The number of para-hydroxylation sites is 1. The second kappa shape index (κ2) is 8.64. The highest BCUT2D eigenvalue weighted by molar-refractivity contribution is 7.79. The molecule has 0 bridgehead atoms. The second-order valence-corrected chi connectivity index (χ2v) is 11.4. The molecule has 0 saturated carbocycles. The van der Waals surface area contributed by atoms with E-state index in [4.69, 9.17) is 27.9 Å². The van der Waals surface area contributed by atoms with Gasteiger partial charge >= 0.3 is 0 Å². The summed E-state index contributed by atoms with van der Waals surface area (Å²) in [5.41, 5.74) is 1.41. The Labute approximate surface area is 197 Å². The summed E-state index contributed by atoms with van der Waals surface area (Å²) in [5.74, 6) is 1.40. The molecule has 5 heteroatoms. The normalized spacial score (nSPS) is 15.4. The molecule has 1 unspecified atom stereocenters. The Bertz CT molecular complexity index is 1280. The van der Waals surface area contributed by atoms with E-state index in [2.05, 4.69) is 0 Å². The first-order valence-corrected chi connectivity index (χ1v) is 12.7. The van der Waals surface area contributed by atoms with Gasteiger partial charge in [-0.3, -0.25) is 0 Å². The third-order valence-corrected chi connectivity index (χ3v) is 9.48. The molecular formula is C27H19Cl2O2P. The van der Waals surface area contributed by atoms with Gasteiger partial charge in [0.2, 0.25) is 0 Å². The van der Waals surface area contributed by atoms with E-state index in [1.165, 1.54) is 0 Å². The maximum Gasteiger partial charge on any atom is 0.154 e. The van der Waals surface area contributed by atoms with Crippen LogP contribution in [-0.4, -0.2) is 0 Å². The Morgan fingerprint density at radius 2 is 1.19 bits per heavy atom. The third-order valence-electron chi connectivity index (χ3n) is 5.64. The number of hydrogen-bond donors (Lipinski definition) is 0. The molecule has 0 radical (unpaired) electrons. The van der Waals surface area contributed by atoms with Crippen molar-refractivity contribution in [2.24, 2.45) is 0 Å². The Kier molecular flexibility index (Phi) is 5.69. The topological polar surface area (TPSA) is 26.3 Å². The van der Waals surface area contributed by atoms with Gasteiger partial charge in [-0.05, 0) is 60.7 Å². The highest BCUT2D eigenvalue weighted by Gasteiger charge is 2.40. The smallest absolute Gasteiger partial charge is 0.154 e. The predicted molar refractivity (Wildman–Crippen MR) is 134 cm³/mol. The van der Waals surface area contributed by atoms with E-state index in [1.807, 2.05) is 84.9 Å². The molecule has 0 fully saturated rings. The first kappa shape index (κ1) is 21.1. The van der Waals surface area contributed by atoms with E-state index >= 15 is 4.57 Å². The summed E-state index contributed by atoms with van der Waals surface area (Å²) >= 11 is 12.3. The molecular weight excluding hydrogens is 458 g/mol. The zero-order valence-electron chi connectivity index (χ0n) is 17.0. The lowest BCUT2D eigenvalue weighted by molar-refractivity contribution is 0.494. The lowest BCUT2D eigenvalue weighted by Crippen LogP contribution is -2.23. The summed E-state index contributed by atoms with van der Waals surface area (Å²) in [6, 6.07) is 32.2. The summed E-state index contributed by atoms with van der Waals surface area (Å²) < 4.78 is 21.4. The standard InChI is InChI=1S/C27H19Cl2O2P/c28-20-10-14-22(15-11-20)32(30,23-16-12-21(29)13-17-23)27-18-26(19-6-2-1-3-7-19)31-25-9-5-4-8-24(25)27/h1-18,27H. The van der Waals surface area contributed by atoms with Crippen LogP contribution < -0.4 is 15.3 Å². The fourth-order valence-electron chi connectivity index (χ4n) is 4.06. The molecule has 1 aliphatic rings. The Hall–Kier alpha value is -2.77. The largest absolute Gasteiger partial charge is 0.457 e. The lowest BCUT2D eigenvalue weighted by atomic mass is 10.0. The van der Waals surface area contributed by atoms with Gasteiger partial charge in [-0.15, -0.1) is 0 Å². The van der Waals surface area contributed by atoms with Gasteiger partial charge in [0.1, 0.15) is 11.5 Å². The van der Waals surface area contributed by atoms with Crippen molar-refractivity contribution >= 4 is 46.7 Å². The summed E-state index contributed by atoms with van der Waals surface area (Å²) in [5, 5.41) is 2.66. The molecule has 32 heavy (non-hydrogen) atoms. The van der Waals surface area contributed by atoms with Gasteiger partial charge in [0.05, 0.1) is 5.66 Å². The molecule has 0 spiro atoms. The average molecular weight is 477 g/mol. The molecule has 0 saturated heterocycles. The predicted octanol–water partition coefficient (Wildman–Crippen LogP) is 7.48. The summed E-state index contributed by atoms with van der Waals surface area (Å²) in [7, 11) is -3.20. The van der Waals surface area contributed by atoms with Gasteiger partial charge in [0, 0.05) is 31.8 Å². The van der Waals surface area contributed by atoms with Crippen molar-refractivity contribution in [3.63, 3.8) is 0 Å². The van der Waals surface area contributed by atoms with E-state index < -0.39 is 12.8 Å². The van der Waals surface area contributed by atoms with Gasteiger partial charge in [0.15, 0.2) is 7.14 Å². The SMILES string of the molecule is O=P(c1ccc(Cl)cc1)(c1ccc(Cl)cc1)C1C=C(c2ccccc2)Oc2ccccc21. The van der Waals surface area contributed by atoms with Crippen LogP contribution in [0.1, 0.15) is 16.8 Å². The van der Waals surface area contributed by atoms with Crippen molar-refractivity contribution in [1.29, 1.82) is 0 Å². The molecule has 0 aromatic heterocycles. The zero-order chi connectivity index (χ0) is 22.1. The highest BCUT2D eigenvalue weighted by atomic mass is 35.5. The van der Waals surface area contributed by atoms with Crippen molar-refractivity contribution in [3.05, 3.63) is 130 Å². The Morgan fingerprint density at radius 1 is 0.656 bits per heavy atom. The molecule has 0 aliphatic carbocycles. The van der Waals surface area contributed by atoms with Crippen LogP contribution in [0.15, 0.2) is 109 Å². The molecule has 1 heterocycles. The molecule has 4 aromatic rings. The van der Waals surface area contributed by atoms with Crippen molar-refractivity contribution in [3.8, 4) is 5.75 Å². The van der Waals surface area contributed by atoms with Gasteiger partial charge in [-0.25, -0.2) is 0 Å². The van der Waals surface area contributed by atoms with Crippen molar-refractivity contribution in [1.82, 2.24) is 0 Å². The second-order valence-electron chi connectivity index (χ2n) is 7.59. The highest BCUT2D eigenvalue weighted by Crippen LogP contribution is 2.61. The number of allylic oxidation sites excluding steroid dienone is 1. The van der Waals surface area contributed by atoms with E-state index in [1.54, 1.807) is 24.3 Å². The molecule has 0 N–H and O–H groups in total. The van der Waals surface area contributed by atoms with Gasteiger partial charge < -0.3 is 9.30 Å². The van der Waals surface area contributed by atoms with Crippen molar-refractivity contribution in [2.75, 3.05) is 0 Å². The first-order chi connectivity index (χ1) is 15.6. The fraction of sp³-hybridized carbons (Fsp3) is 0.0370. The van der Waals surface area contributed by atoms with E-state index in [0.717, 1.165) is 21.7 Å². The number of rotatable bonds is 4. The Balaban J connectivity index is 1.77. The zero-order valence-corrected chi connectivity index (χ0v) is 19.4. The summed E-state index contributed by atoms with van der Waals surface area (Å²) in [4.78, 5) is 0. The number of benzene rings is 4. The van der Waals surface area contributed by atoms with Crippen LogP contribution in [0.25, 0.3) is 5.76 Å². The molecule has 2 nitrogen and oxygen atoms in total. The molecule has 4 aromatic carbocycles. The van der Waals surface area contributed by atoms with Gasteiger partial charge in [-0.1, -0.05) is 71.7 Å². The Morgan fingerprint density at radius 3 is 1.78 bits per heavy atom. The quantitative estimate of drug-likeness (QED) is 0.285. The minimum Gasteiger partial charge on any atom is -0.457 e. The molecule has 0 amide bonds. The summed E-state index contributed by atoms with van der Waals surface area (Å²) in [6.07, 6.45) is 1.99. The van der Waals surface area contributed by atoms with E-state index in [9.17, 15) is 0 Å². The first-order valence-electron chi connectivity index (χ1n) is 10.2. The maximum atomic E-state index is 15.1. The molecule has 1 aliphatic heterocycles. The van der Waals surface area contributed by atoms with Crippen molar-refractivity contribution in [2.45, 2.75) is 5.66 Å². The van der Waals surface area contributed by atoms with Crippen LogP contribution in [0.4, 0.5) is 0 Å². The van der Waals surface area contributed by atoms with Crippen LogP contribution in [0.2, 0.25) is 10.0 Å². The average Bonchev–Trinajstić information content (AvgIpc) is 2.84. The number of halogens is 2. The monoisotopic (exact) mass is 476 g/mol. The minimum absolute atomic E-state index is 0.412. The minimum atomic E-state index is -3.20. The van der Waals surface area contributed by atoms with Crippen LogP contribution in [0.3, 0.4) is 0 Å². The van der Waals surface area contributed by atoms with Crippen LogP contribution in [0, 0.1) is 0 Å². The fourth-order valence-corrected chi connectivity index (χ4v) is 7.38. The third kappa shape index (κ3) is 3.80. The van der Waals surface area contributed by atoms with Crippen molar-refractivity contribution < 1.29 is 9.30 Å². The van der Waals surface area contributed by atoms with Crippen LogP contribution in [0.5, 0.6) is 5.75 Å². The van der Waals surface area contributed by atoms with Crippen LogP contribution in [-0.2, 0) is 4.57 Å². The number of ether oxygens (including phenoxy) is 1. The molecule has 5 rings (SSSR count). The maximum absolute atomic E-state index is 15.1. The van der Waals surface area contributed by atoms with Crippen LogP contribution >= 0.6 is 30.3 Å². The summed E-state index contributed by atoms with van der Waals surface area (Å²) in [6.45, 7) is 0. The lowest BCUT2D eigenvalue weighted by Gasteiger charge is -2.32.